The molecule has 6 heteroatoms. The molecule has 0 fully saturated rings. The molecular formula is C12H13NO5. The monoisotopic (exact) mass is 251 g/mol. The van der Waals surface area contributed by atoms with Crippen molar-refractivity contribution in [3.8, 4) is 11.5 Å². The highest BCUT2D eigenvalue weighted by Gasteiger charge is 2.14. The van der Waals surface area contributed by atoms with Gasteiger partial charge in [0.25, 0.3) is 0 Å². The molecule has 1 heterocycles. The number of rotatable bonds is 3. The van der Waals surface area contributed by atoms with Crippen molar-refractivity contribution in [3.05, 3.63) is 23.8 Å². The molecule has 1 aliphatic rings. The summed E-state index contributed by atoms with van der Waals surface area (Å²) in [7, 11) is 1.17. The summed E-state index contributed by atoms with van der Waals surface area (Å²) in [6.07, 6.45) is 0.597. The molecule has 1 aromatic carbocycles. The molecule has 0 unspecified atom stereocenters. The molecule has 96 valence electrons. The molecule has 0 bridgehead atoms. The molecule has 1 aromatic rings. The number of nitrogens with one attached hydrogen (secondary N) is 1. The van der Waals surface area contributed by atoms with Crippen LogP contribution in [0.4, 0.5) is 0 Å². The fraction of sp³-hybridized carbons (Fsp3) is 0.333. The van der Waals surface area contributed by atoms with Gasteiger partial charge in [-0.3, -0.25) is 4.79 Å². The average molecular weight is 251 g/mol. The molecule has 0 saturated heterocycles. The van der Waals surface area contributed by atoms with Gasteiger partial charge in [0.1, 0.15) is 0 Å². The van der Waals surface area contributed by atoms with Gasteiger partial charge in [0.2, 0.25) is 6.79 Å². The van der Waals surface area contributed by atoms with Crippen LogP contribution in [0.25, 0.3) is 0 Å². The summed E-state index contributed by atoms with van der Waals surface area (Å²) in [4.78, 5) is 22.0. The predicted octanol–water partition coefficient (Wildman–Crippen LogP) is 0.247. The predicted molar refractivity (Wildman–Crippen MR) is 61.3 cm³/mol. The molecular weight excluding hydrogens is 238 g/mol. The SMILES string of the molecule is COC(=O)C(=O)NCCc1ccc2c(c1)OCO2. The Morgan fingerprint density at radius 1 is 1.33 bits per heavy atom. The van der Waals surface area contributed by atoms with Gasteiger partial charge in [0, 0.05) is 6.54 Å². The van der Waals surface area contributed by atoms with E-state index >= 15 is 0 Å². The molecule has 2 rings (SSSR count). The number of hydrogen-bond acceptors (Lipinski definition) is 5. The highest BCUT2D eigenvalue weighted by molar-refractivity contribution is 6.32. The van der Waals surface area contributed by atoms with E-state index in [9.17, 15) is 9.59 Å². The zero-order valence-electron chi connectivity index (χ0n) is 9.89. The topological polar surface area (TPSA) is 73.9 Å². The van der Waals surface area contributed by atoms with Crippen molar-refractivity contribution >= 4 is 11.9 Å². The van der Waals surface area contributed by atoms with Crippen molar-refractivity contribution < 1.29 is 23.8 Å². The van der Waals surface area contributed by atoms with Gasteiger partial charge >= 0.3 is 11.9 Å². The molecule has 0 aliphatic carbocycles. The molecule has 1 amide bonds. The van der Waals surface area contributed by atoms with Crippen molar-refractivity contribution in [3.63, 3.8) is 0 Å². The fourth-order valence-electron chi connectivity index (χ4n) is 1.58. The smallest absolute Gasteiger partial charge is 0.396 e. The van der Waals surface area contributed by atoms with Crippen LogP contribution in [-0.2, 0) is 20.7 Å². The highest BCUT2D eigenvalue weighted by Crippen LogP contribution is 2.32. The lowest BCUT2D eigenvalue weighted by molar-refractivity contribution is -0.152. The molecule has 0 saturated carbocycles. The fourth-order valence-corrected chi connectivity index (χ4v) is 1.58. The average Bonchev–Trinajstić information content (AvgIpc) is 2.85. The van der Waals surface area contributed by atoms with E-state index in [0.717, 1.165) is 11.3 Å². The molecule has 18 heavy (non-hydrogen) atoms. The van der Waals surface area contributed by atoms with Crippen molar-refractivity contribution in [1.29, 1.82) is 0 Å². The number of amides is 1. The largest absolute Gasteiger partial charge is 0.462 e. The van der Waals surface area contributed by atoms with Crippen molar-refractivity contribution in [2.75, 3.05) is 20.4 Å². The van der Waals surface area contributed by atoms with Gasteiger partial charge in [0.05, 0.1) is 7.11 Å². The maximum Gasteiger partial charge on any atom is 0.396 e. The Labute approximate surface area is 104 Å². The first-order valence-electron chi connectivity index (χ1n) is 5.45. The van der Waals surface area contributed by atoms with Gasteiger partial charge in [-0.1, -0.05) is 6.07 Å². The normalized spacial score (nSPS) is 12.1. The second kappa shape index (κ2) is 5.39. The quantitative estimate of drug-likeness (QED) is 0.615. The Balaban J connectivity index is 1.84. The summed E-state index contributed by atoms with van der Waals surface area (Å²) in [5, 5.41) is 2.46. The number of benzene rings is 1. The van der Waals surface area contributed by atoms with Crippen LogP contribution in [0.1, 0.15) is 5.56 Å². The lowest BCUT2D eigenvalue weighted by Gasteiger charge is -2.04. The van der Waals surface area contributed by atoms with E-state index < -0.39 is 11.9 Å². The lowest BCUT2D eigenvalue weighted by Crippen LogP contribution is -2.33. The van der Waals surface area contributed by atoms with E-state index in [1.165, 1.54) is 7.11 Å². The highest BCUT2D eigenvalue weighted by atomic mass is 16.7. The van der Waals surface area contributed by atoms with Crippen molar-refractivity contribution in [2.45, 2.75) is 6.42 Å². The number of carbonyl (C=O) groups excluding carboxylic acids is 2. The maximum atomic E-state index is 11.1. The molecule has 0 radical (unpaired) electrons. The van der Waals surface area contributed by atoms with E-state index in [0.29, 0.717) is 18.7 Å². The van der Waals surface area contributed by atoms with Gasteiger partial charge < -0.3 is 19.5 Å². The Morgan fingerprint density at radius 3 is 2.89 bits per heavy atom. The molecule has 0 aromatic heterocycles. The summed E-state index contributed by atoms with van der Waals surface area (Å²) >= 11 is 0. The van der Waals surface area contributed by atoms with Crippen LogP contribution in [0.5, 0.6) is 11.5 Å². The first-order valence-corrected chi connectivity index (χ1v) is 5.45. The van der Waals surface area contributed by atoms with Gasteiger partial charge in [-0.15, -0.1) is 0 Å². The van der Waals surface area contributed by atoms with Crippen LogP contribution in [0.2, 0.25) is 0 Å². The molecule has 1 aliphatic heterocycles. The van der Waals surface area contributed by atoms with Crippen molar-refractivity contribution in [2.24, 2.45) is 0 Å². The van der Waals surface area contributed by atoms with Crippen LogP contribution < -0.4 is 14.8 Å². The Bertz CT molecular complexity index is 472. The minimum absolute atomic E-state index is 0.234. The van der Waals surface area contributed by atoms with Crippen LogP contribution in [0.3, 0.4) is 0 Å². The maximum absolute atomic E-state index is 11.1. The minimum Gasteiger partial charge on any atom is -0.462 e. The zero-order chi connectivity index (χ0) is 13.0. The summed E-state index contributed by atoms with van der Waals surface area (Å²) in [5.74, 6) is -0.205. The molecule has 1 N–H and O–H groups in total. The third-order valence-electron chi connectivity index (χ3n) is 2.51. The number of carbonyl (C=O) groups is 2. The standard InChI is InChI=1S/C12H13NO5/c1-16-12(15)11(14)13-5-4-8-2-3-9-10(6-8)18-7-17-9/h2-3,6H,4-5,7H2,1H3,(H,13,14). The van der Waals surface area contributed by atoms with Gasteiger partial charge in [-0.2, -0.15) is 0 Å². The number of hydrogen-bond donors (Lipinski definition) is 1. The van der Waals surface area contributed by atoms with E-state index in [1.54, 1.807) is 0 Å². The second-order valence-corrected chi connectivity index (χ2v) is 3.69. The summed E-state index contributed by atoms with van der Waals surface area (Å²) < 4.78 is 14.7. The number of ether oxygens (including phenoxy) is 3. The van der Waals surface area contributed by atoms with Gasteiger partial charge in [0.15, 0.2) is 11.5 Å². The van der Waals surface area contributed by atoms with Crippen LogP contribution in [0.15, 0.2) is 18.2 Å². The Hall–Kier alpha value is -2.24. The summed E-state index contributed by atoms with van der Waals surface area (Å²) in [6.45, 7) is 0.589. The van der Waals surface area contributed by atoms with E-state index in [4.69, 9.17) is 9.47 Å². The van der Waals surface area contributed by atoms with Gasteiger partial charge in [-0.05, 0) is 24.1 Å². The van der Waals surface area contributed by atoms with E-state index in [1.807, 2.05) is 18.2 Å². The zero-order valence-corrected chi connectivity index (χ0v) is 9.89. The lowest BCUT2D eigenvalue weighted by atomic mass is 10.1. The second-order valence-electron chi connectivity index (χ2n) is 3.69. The Kier molecular flexibility index (Phi) is 3.66. The van der Waals surface area contributed by atoms with Crippen LogP contribution in [0, 0.1) is 0 Å². The first-order chi connectivity index (χ1) is 8.70. The molecule has 0 spiro atoms. The molecule has 6 nitrogen and oxygen atoms in total. The summed E-state index contributed by atoms with van der Waals surface area (Å²) in [6, 6.07) is 5.56. The number of methoxy groups -OCH3 is 1. The van der Waals surface area contributed by atoms with E-state index in [2.05, 4.69) is 10.1 Å². The summed E-state index contributed by atoms with van der Waals surface area (Å²) in [5.41, 5.74) is 0.990. The first kappa shape index (κ1) is 12.2. The molecule has 0 atom stereocenters. The van der Waals surface area contributed by atoms with Gasteiger partial charge in [-0.25, -0.2) is 4.79 Å². The van der Waals surface area contributed by atoms with Crippen LogP contribution >= 0.6 is 0 Å². The third-order valence-corrected chi connectivity index (χ3v) is 2.51. The third kappa shape index (κ3) is 2.71. The minimum atomic E-state index is -0.888. The van der Waals surface area contributed by atoms with E-state index in [-0.39, 0.29) is 6.79 Å². The van der Waals surface area contributed by atoms with Crippen LogP contribution in [-0.4, -0.2) is 32.3 Å². The van der Waals surface area contributed by atoms with Crippen molar-refractivity contribution in [1.82, 2.24) is 5.32 Å². The number of esters is 1. The Morgan fingerprint density at radius 2 is 2.11 bits per heavy atom. The number of fused-ring (bicyclic) bond motifs is 1.